The van der Waals surface area contributed by atoms with E-state index in [1.165, 1.54) is 0 Å². The number of nitrogens with one attached hydrogen (secondary N) is 1. The summed E-state index contributed by atoms with van der Waals surface area (Å²) in [6.07, 6.45) is 5.13. The highest BCUT2D eigenvalue weighted by Crippen LogP contribution is 2.37. The lowest BCUT2D eigenvalue weighted by Crippen LogP contribution is -2.38. The van der Waals surface area contributed by atoms with E-state index in [9.17, 15) is 9.59 Å². The number of amides is 2. The first-order valence-corrected chi connectivity index (χ1v) is 10.9. The summed E-state index contributed by atoms with van der Waals surface area (Å²) in [5, 5.41) is 10.4. The number of ether oxygens (including phenoxy) is 1. The molecule has 2 aliphatic rings. The molecule has 4 rings (SSSR count). The SMILES string of the molecule is CCOC1=CC(C(=O)NO)=CC2CCCN(C(=O)c3c(Cl)c4ccccc4n3C)CC12. The van der Waals surface area contributed by atoms with E-state index in [1.807, 2.05) is 53.8 Å². The number of allylic oxidation sites excluding steroid dienone is 1. The minimum absolute atomic E-state index is 0.0413. The molecule has 2 aromatic rings. The Kier molecular flexibility index (Phi) is 6.07. The first-order valence-electron chi connectivity index (χ1n) is 10.5. The second-order valence-electron chi connectivity index (χ2n) is 7.95. The minimum atomic E-state index is -0.560. The number of para-hydroxylation sites is 1. The van der Waals surface area contributed by atoms with E-state index >= 15 is 0 Å². The maximum atomic E-state index is 13.6. The fraction of sp³-hybridized carbons (Fsp3) is 0.391. The van der Waals surface area contributed by atoms with Gasteiger partial charge in [0.2, 0.25) is 0 Å². The zero-order valence-corrected chi connectivity index (χ0v) is 18.4. The molecular weight excluding hydrogens is 418 g/mol. The fourth-order valence-corrected chi connectivity index (χ4v) is 5.03. The van der Waals surface area contributed by atoms with Crippen molar-refractivity contribution in [3.63, 3.8) is 0 Å². The molecule has 2 N–H and O–H groups in total. The van der Waals surface area contributed by atoms with Crippen molar-refractivity contribution in [1.29, 1.82) is 0 Å². The monoisotopic (exact) mass is 443 g/mol. The number of fused-ring (bicyclic) bond motifs is 2. The van der Waals surface area contributed by atoms with Crippen LogP contribution in [0.15, 0.2) is 47.7 Å². The highest BCUT2D eigenvalue weighted by molar-refractivity contribution is 6.38. The van der Waals surface area contributed by atoms with Crippen molar-refractivity contribution in [3.05, 3.63) is 58.5 Å². The van der Waals surface area contributed by atoms with Gasteiger partial charge < -0.3 is 14.2 Å². The number of hydrogen-bond acceptors (Lipinski definition) is 4. The van der Waals surface area contributed by atoms with Gasteiger partial charge in [-0.3, -0.25) is 14.8 Å². The van der Waals surface area contributed by atoms with Gasteiger partial charge >= 0.3 is 0 Å². The quantitative estimate of drug-likeness (QED) is 0.558. The van der Waals surface area contributed by atoms with Gasteiger partial charge in [0.15, 0.2) is 0 Å². The van der Waals surface area contributed by atoms with Crippen LogP contribution >= 0.6 is 11.6 Å². The molecule has 1 saturated heterocycles. The number of hydroxylamine groups is 1. The summed E-state index contributed by atoms with van der Waals surface area (Å²) in [5.74, 6) is -0.0238. The van der Waals surface area contributed by atoms with Gasteiger partial charge in [0, 0.05) is 42.5 Å². The van der Waals surface area contributed by atoms with Crippen molar-refractivity contribution in [2.45, 2.75) is 19.8 Å². The molecule has 31 heavy (non-hydrogen) atoms. The van der Waals surface area contributed by atoms with Crippen LogP contribution in [0.3, 0.4) is 0 Å². The molecule has 1 aromatic carbocycles. The van der Waals surface area contributed by atoms with Crippen LogP contribution in [0.4, 0.5) is 0 Å². The Morgan fingerprint density at radius 2 is 2.10 bits per heavy atom. The molecule has 1 aromatic heterocycles. The van der Waals surface area contributed by atoms with Crippen molar-refractivity contribution in [2.24, 2.45) is 18.9 Å². The number of aryl methyl sites for hydroxylation is 1. The number of halogens is 1. The molecule has 1 aliphatic carbocycles. The van der Waals surface area contributed by atoms with Crippen molar-refractivity contribution < 1.29 is 19.5 Å². The lowest BCUT2D eigenvalue weighted by atomic mass is 9.82. The zero-order chi connectivity index (χ0) is 22.1. The molecule has 8 heteroatoms. The summed E-state index contributed by atoms with van der Waals surface area (Å²) in [7, 11) is 1.86. The lowest BCUT2D eigenvalue weighted by molar-refractivity contribution is -0.125. The Balaban J connectivity index is 1.66. The third-order valence-corrected chi connectivity index (χ3v) is 6.55. The van der Waals surface area contributed by atoms with Crippen molar-refractivity contribution >= 4 is 34.3 Å². The van der Waals surface area contributed by atoms with Gasteiger partial charge in [0.25, 0.3) is 11.8 Å². The molecule has 1 fully saturated rings. The van der Waals surface area contributed by atoms with E-state index < -0.39 is 5.91 Å². The molecule has 2 unspecified atom stereocenters. The van der Waals surface area contributed by atoms with E-state index in [4.69, 9.17) is 21.5 Å². The largest absolute Gasteiger partial charge is 0.498 e. The molecule has 2 atom stereocenters. The number of nitrogens with zero attached hydrogens (tertiary/aromatic N) is 2. The van der Waals surface area contributed by atoms with Gasteiger partial charge in [-0.25, -0.2) is 5.48 Å². The Morgan fingerprint density at radius 1 is 1.32 bits per heavy atom. The van der Waals surface area contributed by atoms with Crippen LogP contribution in [0.5, 0.6) is 0 Å². The number of hydrogen-bond donors (Lipinski definition) is 2. The maximum Gasteiger partial charge on any atom is 0.274 e. The summed E-state index contributed by atoms with van der Waals surface area (Å²) in [5.41, 5.74) is 3.47. The van der Waals surface area contributed by atoms with Crippen LogP contribution in [-0.4, -0.2) is 46.2 Å². The summed E-state index contributed by atoms with van der Waals surface area (Å²) in [6.45, 7) is 3.40. The van der Waals surface area contributed by atoms with E-state index in [1.54, 1.807) is 11.6 Å². The number of likely N-dealkylation sites (tertiary alicyclic amines) is 1. The number of carbonyl (C=O) groups excluding carboxylic acids is 2. The highest BCUT2D eigenvalue weighted by Gasteiger charge is 2.36. The fourth-order valence-electron chi connectivity index (χ4n) is 4.66. The van der Waals surface area contributed by atoms with Crippen molar-refractivity contribution in [3.8, 4) is 0 Å². The first-order chi connectivity index (χ1) is 15.0. The third-order valence-electron chi connectivity index (χ3n) is 6.17. The van der Waals surface area contributed by atoms with E-state index in [0.717, 1.165) is 23.7 Å². The lowest BCUT2D eigenvalue weighted by Gasteiger charge is -2.31. The summed E-state index contributed by atoms with van der Waals surface area (Å²) >= 11 is 6.62. The number of benzene rings is 1. The Bertz CT molecular complexity index is 1050. The van der Waals surface area contributed by atoms with Crippen LogP contribution in [0.25, 0.3) is 10.9 Å². The van der Waals surface area contributed by atoms with Crippen LogP contribution in [0.2, 0.25) is 5.02 Å². The van der Waals surface area contributed by atoms with E-state index in [2.05, 4.69) is 0 Å². The van der Waals surface area contributed by atoms with Crippen LogP contribution in [0, 0.1) is 11.8 Å². The molecule has 164 valence electrons. The van der Waals surface area contributed by atoms with Crippen LogP contribution < -0.4 is 5.48 Å². The molecular formula is C23H26ClN3O4. The highest BCUT2D eigenvalue weighted by atomic mass is 35.5. The van der Waals surface area contributed by atoms with Gasteiger partial charge in [0.05, 0.1) is 11.6 Å². The standard InChI is InChI=1S/C23H26ClN3O4/c1-3-31-19-12-15(22(28)25-30)11-14-7-6-10-27(13-17(14)19)23(29)21-20(24)16-8-4-5-9-18(16)26(21)2/h4-5,8-9,11-12,14,17,30H,3,6-7,10,13H2,1-2H3,(H,25,28). The molecule has 0 spiro atoms. The van der Waals surface area contributed by atoms with Gasteiger partial charge in [-0.15, -0.1) is 0 Å². The molecule has 0 bridgehead atoms. The second kappa shape index (κ2) is 8.77. The Hall–Kier alpha value is -2.77. The minimum Gasteiger partial charge on any atom is -0.498 e. The van der Waals surface area contributed by atoms with Gasteiger partial charge in [0.1, 0.15) is 11.5 Å². The van der Waals surface area contributed by atoms with Gasteiger partial charge in [-0.1, -0.05) is 35.9 Å². The van der Waals surface area contributed by atoms with Crippen molar-refractivity contribution in [2.75, 3.05) is 19.7 Å². The van der Waals surface area contributed by atoms with E-state index in [0.29, 0.717) is 41.7 Å². The first kappa shape index (κ1) is 21.5. The van der Waals surface area contributed by atoms with Gasteiger partial charge in [-0.05, 0) is 37.8 Å². The normalized spacial score (nSPS) is 21.1. The Morgan fingerprint density at radius 3 is 2.81 bits per heavy atom. The van der Waals surface area contributed by atoms with Crippen molar-refractivity contribution in [1.82, 2.24) is 14.9 Å². The topological polar surface area (TPSA) is 83.8 Å². The summed E-state index contributed by atoms with van der Waals surface area (Å²) in [4.78, 5) is 27.4. The summed E-state index contributed by atoms with van der Waals surface area (Å²) < 4.78 is 7.70. The molecule has 0 saturated carbocycles. The molecule has 1 aliphatic heterocycles. The predicted molar refractivity (Wildman–Crippen MR) is 118 cm³/mol. The average Bonchev–Trinajstić information content (AvgIpc) is 2.92. The third kappa shape index (κ3) is 3.83. The predicted octanol–water partition coefficient (Wildman–Crippen LogP) is 3.67. The van der Waals surface area contributed by atoms with Crippen LogP contribution in [-0.2, 0) is 16.6 Å². The second-order valence-corrected chi connectivity index (χ2v) is 8.32. The Labute approximate surface area is 185 Å². The molecule has 2 heterocycles. The summed E-state index contributed by atoms with van der Waals surface area (Å²) in [6, 6.07) is 7.71. The van der Waals surface area contributed by atoms with Gasteiger partial charge in [-0.2, -0.15) is 0 Å². The van der Waals surface area contributed by atoms with E-state index in [-0.39, 0.29) is 17.7 Å². The zero-order valence-electron chi connectivity index (χ0n) is 17.6. The smallest absolute Gasteiger partial charge is 0.274 e. The molecule has 7 nitrogen and oxygen atoms in total. The number of aromatic nitrogens is 1. The maximum absolute atomic E-state index is 13.6. The molecule has 2 amide bonds. The average molecular weight is 444 g/mol. The van der Waals surface area contributed by atoms with Crippen LogP contribution in [0.1, 0.15) is 30.3 Å². The number of rotatable bonds is 4. The number of carbonyl (C=O) groups is 2. The molecule has 0 radical (unpaired) electrons.